The van der Waals surface area contributed by atoms with Gasteiger partial charge in [0.05, 0.1) is 0 Å². The minimum Gasteiger partial charge on any atom is -0.264 e. The lowest BCUT2D eigenvalue weighted by atomic mass is 10.00. The molecule has 0 aromatic rings. The Balaban J connectivity index is 5.38. The Kier molecular flexibility index (Phi) is 4.80. The average molecular weight is 315 g/mol. The first kappa shape index (κ1) is 18.6. The van der Waals surface area contributed by atoms with Gasteiger partial charge in [0.2, 0.25) is 5.54 Å². The predicted octanol–water partition coefficient (Wildman–Crippen LogP) is 4.12. The van der Waals surface area contributed by atoms with Gasteiger partial charge in [-0.05, 0) is 6.08 Å². The zero-order chi connectivity index (χ0) is 16.6. The second-order valence-electron chi connectivity index (χ2n) is 4.47. The molecule has 0 aromatic carbocycles. The maximum absolute atomic E-state index is 12.9. The molecule has 0 rings (SSSR count). The standard InChI is InChI=1S/C9H9F8NO2/c1-6(2,18(19)20)4-3-5(10)7(11,12)8(13,14)9(15,16)17/h3H,4H2,1-2H3/b5-3-. The third-order valence-electron chi connectivity index (χ3n) is 2.33. The van der Waals surface area contributed by atoms with Crippen molar-refractivity contribution in [1.29, 1.82) is 0 Å². The molecule has 0 aliphatic heterocycles. The molecule has 11 heteroatoms. The Bertz CT molecular complexity index is 413. The second kappa shape index (κ2) is 5.17. The topological polar surface area (TPSA) is 43.1 Å². The highest BCUT2D eigenvalue weighted by atomic mass is 19.4. The molecule has 0 unspecified atom stereocenters. The van der Waals surface area contributed by atoms with Crippen LogP contribution in [0.1, 0.15) is 20.3 Å². The van der Waals surface area contributed by atoms with E-state index in [-0.39, 0.29) is 6.08 Å². The van der Waals surface area contributed by atoms with Gasteiger partial charge in [-0.25, -0.2) is 4.39 Å². The lowest BCUT2D eigenvalue weighted by molar-refractivity contribution is -0.559. The number of hydrogen-bond donors (Lipinski definition) is 0. The number of halogens is 8. The molecule has 0 aliphatic rings. The first-order chi connectivity index (χ1) is 8.57. The number of alkyl halides is 7. The van der Waals surface area contributed by atoms with Crippen molar-refractivity contribution in [3.63, 3.8) is 0 Å². The third-order valence-corrected chi connectivity index (χ3v) is 2.33. The monoisotopic (exact) mass is 315 g/mol. The van der Waals surface area contributed by atoms with Crippen molar-refractivity contribution in [2.75, 3.05) is 0 Å². The zero-order valence-electron chi connectivity index (χ0n) is 10.1. The van der Waals surface area contributed by atoms with Crippen molar-refractivity contribution in [2.45, 2.75) is 43.8 Å². The highest BCUT2D eigenvalue weighted by Gasteiger charge is 2.74. The van der Waals surface area contributed by atoms with Crippen LogP contribution in [0.25, 0.3) is 0 Å². The van der Waals surface area contributed by atoms with Crippen LogP contribution in [-0.2, 0) is 0 Å². The minimum atomic E-state index is -6.67. The number of rotatable bonds is 5. The van der Waals surface area contributed by atoms with Gasteiger partial charge in [-0.15, -0.1) is 0 Å². The molecule has 0 radical (unpaired) electrons. The van der Waals surface area contributed by atoms with Crippen molar-refractivity contribution in [3.05, 3.63) is 22.0 Å². The fourth-order valence-electron chi connectivity index (χ4n) is 0.870. The smallest absolute Gasteiger partial charge is 0.264 e. The van der Waals surface area contributed by atoms with E-state index < -0.39 is 40.7 Å². The summed E-state index contributed by atoms with van der Waals surface area (Å²) in [6.07, 6.45) is -8.10. The van der Waals surface area contributed by atoms with Crippen molar-refractivity contribution >= 4 is 0 Å². The highest BCUT2D eigenvalue weighted by Crippen LogP contribution is 2.50. The van der Waals surface area contributed by atoms with Crippen LogP contribution >= 0.6 is 0 Å². The molecule has 0 saturated carbocycles. The summed E-state index contributed by atoms with van der Waals surface area (Å²) < 4.78 is 98.7. The molecule has 0 spiro atoms. The van der Waals surface area contributed by atoms with Crippen LogP contribution < -0.4 is 0 Å². The predicted molar refractivity (Wildman–Crippen MR) is 50.8 cm³/mol. The van der Waals surface area contributed by atoms with Crippen molar-refractivity contribution in [1.82, 2.24) is 0 Å². The van der Waals surface area contributed by atoms with Gasteiger partial charge in [0.25, 0.3) is 0 Å². The van der Waals surface area contributed by atoms with Gasteiger partial charge in [0.1, 0.15) is 0 Å². The largest absolute Gasteiger partial charge is 0.460 e. The van der Waals surface area contributed by atoms with Gasteiger partial charge in [-0.2, -0.15) is 30.7 Å². The molecule has 0 aliphatic carbocycles. The third kappa shape index (κ3) is 3.37. The van der Waals surface area contributed by atoms with Gasteiger partial charge in [-0.1, -0.05) is 0 Å². The molecule has 0 atom stereocenters. The van der Waals surface area contributed by atoms with E-state index in [9.17, 15) is 45.2 Å². The zero-order valence-corrected chi connectivity index (χ0v) is 10.1. The van der Waals surface area contributed by atoms with Gasteiger partial charge in [0, 0.05) is 25.2 Å². The van der Waals surface area contributed by atoms with Crippen LogP contribution in [0, 0.1) is 10.1 Å². The van der Waals surface area contributed by atoms with Crippen LogP contribution in [0.2, 0.25) is 0 Å². The molecule has 0 heterocycles. The van der Waals surface area contributed by atoms with Crippen LogP contribution in [0.4, 0.5) is 35.1 Å². The van der Waals surface area contributed by atoms with E-state index in [4.69, 9.17) is 0 Å². The number of nitro groups is 1. The molecule has 0 bridgehead atoms. The summed E-state index contributed by atoms with van der Waals surface area (Å²) in [5, 5.41) is 10.4. The number of nitrogens with zero attached hydrogens (tertiary/aromatic N) is 1. The van der Waals surface area contributed by atoms with E-state index in [0.29, 0.717) is 0 Å². The van der Waals surface area contributed by atoms with E-state index in [1.165, 1.54) is 0 Å². The van der Waals surface area contributed by atoms with Gasteiger partial charge >= 0.3 is 18.0 Å². The molecule has 0 amide bonds. The average Bonchev–Trinajstić information content (AvgIpc) is 2.23. The summed E-state index contributed by atoms with van der Waals surface area (Å²) in [5.74, 6) is -15.8. The van der Waals surface area contributed by atoms with E-state index in [1.54, 1.807) is 0 Å². The summed E-state index contributed by atoms with van der Waals surface area (Å²) in [7, 11) is 0. The first-order valence-corrected chi connectivity index (χ1v) is 4.90. The van der Waals surface area contributed by atoms with Crippen molar-refractivity contribution in [3.8, 4) is 0 Å². The molecule has 0 aromatic heterocycles. The minimum absolute atomic E-state index is 0.345. The van der Waals surface area contributed by atoms with Crippen LogP contribution in [0.3, 0.4) is 0 Å². The van der Waals surface area contributed by atoms with Crippen LogP contribution in [0.5, 0.6) is 0 Å². The lowest BCUT2D eigenvalue weighted by Gasteiger charge is -2.27. The van der Waals surface area contributed by atoms with E-state index in [2.05, 4.69) is 0 Å². The van der Waals surface area contributed by atoms with E-state index >= 15 is 0 Å². The van der Waals surface area contributed by atoms with Crippen LogP contribution in [-0.4, -0.2) is 28.5 Å². The summed E-state index contributed by atoms with van der Waals surface area (Å²) in [5.41, 5.74) is -2.00. The van der Waals surface area contributed by atoms with Crippen molar-refractivity contribution < 1.29 is 40.0 Å². The first-order valence-electron chi connectivity index (χ1n) is 4.90. The second-order valence-corrected chi connectivity index (χ2v) is 4.47. The molecule has 20 heavy (non-hydrogen) atoms. The SMILES string of the molecule is CC(C)(C/C=C(\F)C(F)(F)C(F)(F)C(F)(F)F)[N+](=O)[O-]. The molecule has 118 valence electrons. The normalized spacial score (nSPS) is 15.4. The van der Waals surface area contributed by atoms with E-state index in [1.807, 2.05) is 0 Å². The Morgan fingerprint density at radius 2 is 1.50 bits per heavy atom. The Morgan fingerprint density at radius 1 is 1.10 bits per heavy atom. The fraction of sp³-hybridized carbons (Fsp3) is 0.778. The summed E-state index contributed by atoms with van der Waals surface area (Å²) in [6, 6.07) is 0. The maximum atomic E-state index is 12.9. The molecule has 0 saturated heterocycles. The molecular weight excluding hydrogens is 306 g/mol. The fourth-order valence-corrected chi connectivity index (χ4v) is 0.870. The number of allylic oxidation sites excluding steroid dienone is 1. The summed E-state index contributed by atoms with van der Waals surface area (Å²) in [6.45, 7) is 1.72. The molecule has 3 nitrogen and oxygen atoms in total. The number of hydrogen-bond acceptors (Lipinski definition) is 2. The molecule has 0 fully saturated rings. The quantitative estimate of drug-likeness (QED) is 0.435. The van der Waals surface area contributed by atoms with Gasteiger partial charge in [-0.3, -0.25) is 10.1 Å². The van der Waals surface area contributed by atoms with E-state index in [0.717, 1.165) is 13.8 Å². The van der Waals surface area contributed by atoms with Gasteiger partial charge < -0.3 is 0 Å². The molecule has 0 N–H and O–H groups in total. The van der Waals surface area contributed by atoms with Gasteiger partial charge in [0.15, 0.2) is 5.83 Å². The Hall–Kier alpha value is -1.42. The Morgan fingerprint density at radius 3 is 1.80 bits per heavy atom. The lowest BCUT2D eigenvalue weighted by Crippen LogP contribution is -2.52. The van der Waals surface area contributed by atoms with Crippen LogP contribution in [0.15, 0.2) is 11.9 Å². The summed E-state index contributed by atoms with van der Waals surface area (Å²) >= 11 is 0. The summed E-state index contributed by atoms with van der Waals surface area (Å²) in [4.78, 5) is 9.36. The van der Waals surface area contributed by atoms with Crippen molar-refractivity contribution in [2.24, 2.45) is 0 Å². The maximum Gasteiger partial charge on any atom is 0.460 e. The highest BCUT2D eigenvalue weighted by molar-refractivity contribution is 5.13. The molecular formula is C9H9F8NO2. The Labute approximate surface area is 107 Å².